The number of rotatable bonds is 5. The number of nitrogens with one attached hydrogen (secondary N) is 1. The van der Waals surface area contributed by atoms with Crippen LogP contribution in [0.4, 0.5) is 5.82 Å². The first kappa shape index (κ1) is 22.1. The quantitative estimate of drug-likeness (QED) is 0.416. The van der Waals surface area contributed by atoms with Crippen molar-refractivity contribution in [1.82, 2.24) is 9.78 Å². The number of aromatic nitrogens is 2. The number of amides is 1. The summed E-state index contributed by atoms with van der Waals surface area (Å²) < 4.78 is 25.8. The number of anilines is 1. The van der Waals surface area contributed by atoms with E-state index in [0.29, 0.717) is 44.5 Å². The van der Waals surface area contributed by atoms with E-state index in [4.69, 9.17) is 11.6 Å². The molecule has 0 unspecified atom stereocenters. The number of carbonyl (C=O) groups excluding carboxylic acids is 2. The number of halogens is 1. The molecule has 2 heterocycles. The molecule has 1 amide bonds. The van der Waals surface area contributed by atoms with Crippen LogP contribution < -0.4 is 5.32 Å². The number of nitrogens with zero attached hydrogens (tertiary/aromatic N) is 2. The first-order valence-electron chi connectivity index (χ1n) is 10.4. The van der Waals surface area contributed by atoms with E-state index in [9.17, 15) is 18.0 Å². The third-order valence-corrected chi connectivity index (χ3v) is 7.23. The summed E-state index contributed by atoms with van der Waals surface area (Å²) in [5, 5.41) is 7.80. The highest BCUT2D eigenvalue weighted by molar-refractivity contribution is 7.90. The normalized spacial score (nSPS) is 13.9. The van der Waals surface area contributed by atoms with E-state index in [1.807, 2.05) is 6.07 Å². The zero-order valence-corrected chi connectivity index (χ0v) is 19.3. The van der Waals surface area contributed by atoms with Crippen molar-refractivity contribution in [3.8, 4) is 5.69 Å². The number of hydrogen-bond donors (Lipinski definition) is 1. The highest BCUT2D eigenvalue weighted by Crippen LogP contribution is 2.33. The van der Waals surface area contributed by atoms with E-state index in [1.54, 1.807) is 72.8 Å². The van der Waals surface area contributed by atoms with Gasteiger partial charge in [-0.1, -0.05) is 54.1 Å². The standard InChI is InChI=1S/C25H18ClN3O4S/c26-19-10-12-20(13-11-19)29-24(21-14-34(32,33)15-22(21)28-29)27-25(31)18-8-6-17(7-9-18)23(30)16-4-2-1-3-5-16/h1-13H,14-15H2,(H,27,31). The molecule has 1 aliphatic rings. The Hall–Kier alpha value is -3.75. The maximum Gasteiger partial charge on any atom is 0.256 e. The van der Waals surface area contributed by atoms with Crippen molar-refractivity contribution in [1.29, 1.82) is 0 Å². The summed E-state index contributed by atoms with van der Waals surface area (Å²) in [5.41, 5.74) is 2.86. The molecule has 0 radical (unpaired) electrons. The molecule has 0 atom stereocenters. The Kier molecular flexibility index (Phi) is 5.55. The molecule has 0 saturated heterocycles. The van der Waals surface area contributed by atoms with Crippen LogP contribution in [0.5, 0.6) is 0 Å². The van der Waals surface area contributed by atoms with Crippen molar-refractivity contribution >= 4 is 38.9 Å². The monoisotopic (exact) mass is 491 g/mol. The minimum Gasteiger partial charge on any atom is -0.306 e. The Morgan fingerprint density at radius 3 is 2.12 bits per heavy atom. The van der Waals surface area contributed by atoms with Gasteiger partial charge in [0.25, 0.3) is 5.91 Å². The van der Waals surface area contributed by atoms with Crippen molar-refractivity contribution in [2.75, 3.05) is 5.32 Å². The van der Waals surface area contributed by atoms with E-state index in [0.717, 1.165) is 0 Å². The van der Waals surface area contributed by atoms with Crippen molar-refractivity contribution in [3.63, 3.8) is 0 Å². The lowest BCUT2D eigenvalue weighted by Crippen LogP contribution is -2.17. The van der Waals surface area contributed by atoms with Crippen molar-refractivity contribution in [2.45, 2.75) is 11.5 Å². The molecule has 0 bridgehead atoms. The molecular weight excluding hydrogens is 474 g/mol. The lowest BCUT2D eigenvalue weighted by molar-refractivity contribution is 0.101. The molecule has 0 saturated carbocycles. The molecule has 1 aliphatic heterocycles. The number of benzene rings is 3. The third kappa shape index (κ3) is 4.25. The number of ketones is 1. The smallest absolute Gasteiger partial charge is 0.256 e. The van der Waals surface area contributed by atoms with Gasteiger partial charge in [0.2, 0.25) is 0 Å². The van der Waals surface area contributed by atoms with Gasteiger partial charge in [0.15, 0.2) is 15.6 Å². The van der Waals surface area contributed by atoms with Gasteiger partial charge in [-0.15, -0.1) is 0 Å². The van der Waals surface area contributed by atoms with Crippen LogP contribution in [0.15, 0.2) is 78.9 Å². The van der Waals surface area contributed by atoms with Gasteiger partial charge in [-0.3, -0.25) is 9.59 Å². The molecule has 1 aromatic heterocycles. The fraction of sp³-hybridized carbons (Fsp3) is 0.0800. The van der Waals surface area contributed by atoms with Crippen molar-refractivity contribution in [3.05, 3.63) is 112 Å². The van der Waals surface area contributed by atoms with Crippen LogP contribution in [0.1, 0.15) is 37.5 Å². The van der Waals surface area contributed by atoms with Gasteiger partial charge in [-0.2, -0.15) is 5.10 Å². The molecule has 9 heteroatoms. The average molecular weight is 492 g/mol. The summed E-state index contributed by atoms with van der Waals surface area (Å²) in [7, 11) is -3.32. The van der Waals surface area contributed by atoms with Crippen LogP contribution in [0.3, 0.4) is 0 Å². The van der Waals surface area contributed by atoms with Gasteiger partial charge in [-0.05, 0) is 36.4 Å². The van der Waals surface area contributed by atoms with Gasteiger partial charge in [0, 0.05) is 27.3 Å². The highest BCUT2D eigenvalue weighted by Gasteiger charge is 2.33. The van der Waals surface area contributed by atoms with Crippen molar-refractivity contribution in [2.24, 2.45) is 0 Å². The molecule has 3 aromatic carbocycles. The summed E-state index contributed by atoms with van der Waals surface area (Å²) in [4.78, 5) is 25.7. The zero-order chi connectivity index (χ0) is 23.9. The molecule has 0 fully saturated rings. The maximum absolute atomic E-state index is 13.1. The van der Waals surface area contributed by atoms with E-state index >= 15 is 0 Å². The Morgan fingerprint density at radius 1 is 0.824 bits per heavy atom. The van der Waals surface area contributed by atoms with E-state index in [-0.39, 0.29) is 17.3 Å². The van der Waals surface area contributed by atoms with Crippen LogP contribution >= 0.6 is 11.6 Å². The molecule has 7 nitrogen and oxygen atoms in total. The molecule has 1 N–H and O–H groups in total. The fourth-order valence-electron chi connectivity index (χ4n) is 3.85. The highest BCUT2D eigenvalue weighted by atomic mass is 35.5. The molecular formula is C25H18ClN3O4S. The number of hydrogen-bond acceptors (Lipinski definition) is 5. The fourth-order valence-corrected chi connectivity index (χ4v) is 5.47. The predicted octanol–water partition coefficient (Wildman–Crippen LogP) is 4.44. The Balaban J connectivity index is 1.44. The molecule has 34 heavy (non-hydrogen) atoms. The molecule has 5 rings (SSSR count). The van der Waals surface area contributed by atoms with E-state index in [2.05, 4.69) is 10.4 Å². The van der Waals surface area contributed by atoms with Crippen molar-refractivity contribution < 1.29 is 18.0 Å². The number of sulfone groups is 1. The molecule has 0 spiro atoms. The van der Waals surface area contributed by atoms with Crippen LogP contribution in [0.2, 0.25) is 5.02 Å². The van der Waals surface area contributed by atoms with Crippen LogP contribution in [-0.2, 0) is 21.3 Å². The topological polar surface area (TPSA) is 98.1 Å². The maximum atomic E-state index is 13.1. The zero-order valence-electron chi connectivity index (χ0n) is 17.7. The lowest BCUT2D eigenvalue weighted by Gasteiger charge is -2.11. The summed E-state index contributed by atoms with van der Waals surface area (Å²) in [6.45, 7) is 0. The first-order chi connectivity index (χ1) is 16.3. The second kappa shape index (κ2) is 8.55. The van der Waals surface area contributed by atoms with E-state index in [1.165, 1.54) is 4.68 Å². The minimum absolute atomic E-state index is 0.142. The number of carbonyl (C=O) groups is 2. The van der Waals surface area contributed by atoms with Gasteiger partial charge in [-0.25, -0.2) is 13.1 Å². The van der Waals surface area contributed by atoms with Gasteiger partial charge in [0.05, 0.1) is 22.9 Å². The summed E-state index contributed by atoms with van der Waals surface area (Å²) in [6, 6.07) is 22.0. The average Bonchev–Trinajstić information content (AvgIpc) is 3.32. The largest absolute Gasteiger partial charge is 0.306 e. The van der Waals surface area contributed by atoms with Gasteiger partial charge in [0.1, 0.15) is 5.82 Å². The third-order valence-electron chi connectivity index (χ3n) is 5.54. The second-order valence-electron chi connectivity index (χ2n) is 7.92. The summed E-state index contributed by atoms with van der Waals surface area (Å²) in [6.07, 6.45) is 0. The predicted molar refractivity (Wildman–Crippen MR) is 129 cm³/mol. The molecule has 4 aromatic rings. The minimum atomic E-state index is -3.32. The van der Waals surface area contributed by atoms with Gasteiger partial charge < -0.3 is 5.32 Å². The Labute approximate surface area is 200 Å². The van der Waals surface area contributed by atoms with Gasteiger partial charge >= 0.3 is 0 Å². The van der Waals surface area contributed by atoms with Crippen LogP contribution in [-0.4, -0.2) is 29.9 Å². The first-order valence-corrected chi connectivity index (χ1v) is 12.6. The molecule has 0 aliphatic carbocycles. The lowest BCUT2D eigenvalue weighted by atomic mass is 10.0. The Bertz CT molecular complexity index is 1510. The van der Waals surface area contributed by atoms with Crippen LogP contribution in [0, 0.1) is 0 Å². The summed E-state index contributed by atoms with van der Waals surface area (Å²) in [5.74, 6) is -0.664. The SMILES string of the molecule is O=C(Nc1c2c(nn1-c1ccc(Cl)cc1)CS(=O)(=O)C2)c1ccc(C(=O)c2ccccc2)cc1. The van der Waals surface area contributed by atoms with E-state index < -0.39 is 15.7 Å². The molecule has 170 valence electrons. The van der Waals surface area contributed by atoms with Crippen LogP contribution in [0.25, 0.3) is 5.69 Å². The second-order valence-corrected chi connectivity index (χ2v) is 10.4. The summed E-state index contributed by atoms with van der Waals surface area (Å²) >= 11 is 5.99. The number of fused-ring (bicyclic) bond motifs is 1. The Morgan fingerprint density at radius 2 is 1.44 bits per heavy atom.